The summed E-state index contributed by atoms with van der Waals surface area (Å²) in [6, 6.07) is 13.3. The van der Waals surface area contributed by atoms with E-state index in [1.54, 1.807) is 28.9 Å². The van der Waals surface area contributed by atoms with Crippen LogP contribution in [0.2, 0.25) is 0 Å². The number of amides is 2. The van der Waals surface area contributed by atoms with E-state index in [4.69, 9.17) is 10.5 Å². The van der Waals surface area contributed by atoms with Crippen LogP contribution in [0.4, 0.5) is 5.69 Å². The number of rotatable bonds is 5. The Labute approximate surface area is 211 Å². The third-order valence-electron chi connectivity index (χ3n) is 6.50. The van der Waals surface area contributed by atoms with Gasteiger partial charge in [-0.05, 0) is 40.3 Å². The van der Waals surface area contributed by atoms with Crippen molar-refractivity contribution in [1.29, 1.82) is 0 Å². The molecule has 4 rings (SSSR count). The minimum atomic E-state index is -0.543. The number of ether oxygens (including phenoxy) is 1. The van der Waals surface area contributed by atoms with Crippen molar-refractivity contribution < 1.29 is 19.1 Å². The van der Waals surface area contributed by atoms with E-state index in [0.29, 0.717) is 29.1 Å². The summed E-state index contributed by atoms with van der Waals surface area (Å²) in [5, 5.41) is 3.49. The lowest BCUT2D eigenvalue weighted by molar-refractivity contribution is -0.142. The minimum Gasteiger partial charge on any atom is -0.461 e. The second-order valence-corrected chi connectivity index (χ2v) is 10.2. The van der Waals surface area contributed by atoms with Crippen molar-refractivity contribution in [3.8, 4) is 11.1 Å². The summed E-state index contributed by atoms with van der Waals surface area (Å²) in [7, 11) is 3.60. The van der Waals surface area contributed by atoms with Gasteiger partial charge in [0.25, 0.3) is 11.8 Å². The molecule has 0 saturated carbocycles. The molecule has 36 heavy (non-hydrogen) atoms. The van der Waals surface area contributed by atoms with Gasteiger partial charge in [0.1, 0.15) is 12.3 Å². The summed E-state index contributed by atoms with van der Waals surface area (Å²) in [6.07, 6.45) is 1.79. The van der Waals surface area contributed by atoms with Crippen molar-refractivity contribution in [3.05, 3.63) is 76.6 Å². The lowest BCUT2D eigenvalue weighted by Crippen LogP contribution is -2.48. The number of carbonyl (C=O) groups excluding carboxylic acids is 3. The van der Waals surface area contributed by atoms with Crippen LogP contribution < -0.4 is 10.7 Å². The molecular weight excluding hydrogens is 456 g/mol. The van der Waals surface area contributed by atoms with Crippen molar-refractivity contribution >= 4 is 23.5 Å². The second kappa shape index (κ2) is 9.28. The highest BCUT2D eigenvalue weighted by Crippen LogP contribution is 2.37. The van der Waals surface area contributed by atoms with Crippen molar-refractivity contribution in [2.24, 2.45) is 12.8 Å². The van der Waals surface area contributed by atoms with E-state index in [1.807, 2.05) is 42.4 Å². The number of esters is 1. The predicted octanol–water partition coefficient (Wildman–Crippen LogP) is 4.16. The van der Waals surface area contributed by atoms with Gasteiger partial charge in [-0.1, -0.05) is 45.0 Å². The lowest BCUT2D eigenvalue weighted by Gasteiger charge is -2.38. The number of nitrogens with zero attached hydrogens (tertiary/aromatic N) is 3. The maximum Gasteiger partial charge on any atom is 0.302 e. The monoisotopic (exact) mass is 488 g/mol. The fraction of sp³-hybridized carbons (Fsp3) is 0.321. The third kappa shape index (κ3) is 4.64. The van der Waals surface area contributed by atoms with E-state index in [2.05, 4.69) is 26.8 Å². The molecule has 3 aromatic rings. The van der Waals surface area contributed by atoms with Crippen LogP contribution in [-0.2, 0) is 35.1 Å². The molecule has 2 aromatic carbocycles. The zero-order valence-corrected chi connectivity index (χ0v) is 21.6. The summed E-state index contributed by atoms with van der Waals surface area (Å²) in [4.78, 5) is 37.4. The van der Waals surface area contributed by atoms with Crippen LogP contribution in [0.25, 0.3) is 11.1 Å². The van der Waals surface area contributed by atoms with Gasteiger partial charge in [-0.25, -0.2) is 10.0 Å². The molecule has 0 atom stereocenters. The first-order chi connectivity index (χ1) is 16.9. The standard InChI is InChI=1S/C28H32N4O4/c1-17(33)36-16-23-21(19-13-25(26(29)34)30(5)14-19)8-7-9-24(23)32-27(35)22-11-10-20(28(2,3)4)12-18(22)15-31(32)6/h7-14H,15-16H2,1-6H3,(H2,29,34). The molecule has 8 heteroatoms. The molecule has 0 radical (unpaired) electrons. The number of hydrogen-bond donors (Lipinski definition) is 1. The maximum atomic E-state index is 13.8. The summed E-state index contributed by atoms with van der Waals surface area (Å²) in [6.45, 7) is 8.30. The first kappa shape index (κ1) is 25.2. The molecule has 1 aromatic heterocycles. The van der Waals surface area contributed by atoms with Crippen LogP contribution in [0.15, 0.2) is 48.7 Å². The van der Waals surface area contributed by atoms with Crippen molar-refractivity contribution in [1.82, 2.24) is 9.58 Å². The molecule has 8 nitrogen and oxygen atoms in total. The van der Waals surface area contributed by atoms with E-state index in [-0.39, 0.29) is 17.9 Å². The molecule has 1 aliphatic rings. The van der Waals surface area contributed by atoms with E-state index >= 15 is 0 Å². The Morgan fingerprint density at radius 2 is 1.78 bits per heavy atom. The van der Waals surface area contributed by atoms with Crippen molar-refractivity contribution in [2.45, 2.75) is 46.3 Å². The summed E-state index contributed by atoms with van der Waals surface area (Å²) in [5.41, 5.74) is 11.4. The second-order valence-electron chi connectivity index (χ2n) is 10.2. The van der Waals surface area contributed by atoms with Gasteiger partial charge in [0, 0.05) is 50.5 Å². The first-order valence-electron chi connectivity index (χ1n) is 11.8. The van der Waals surface area contributed by atoms with Crippen molar-refractivity contribution in [3.63, 3.8) is 0 Å². The Morgan fingerprint density at radius 1 is 1.06 bits per heavy atom. The Bertz CT molecular complexity index is 1370. The molecule has 0 spiro atoms. The number of aromatic nitrogens is 1. The highest BCUT2D eigenvalue weighted by atomic mass is 16.5. The highest BCUT2D eigenvalue weighted by Gasteiger charge is 2.33. The average Bonchev–Trinajstić information content (AvgIpc) is 3.18. The number of hydrazine groups is 1. The Balaban J connectivity index is 1.84. The van der Waals surface area contributed by atoms with E-state index < -0.39 is 11.9 Å². The molecule has 1 aliphatic heterocycles. The normalized spacial score (nSPS) is 14.1. The molecule has 2 heterocycles. The van der Waals surface area contributed by atoms with Gasteiger partial charge in [0.15, 0.2) is 0 Å². The van der Waals surface area contributed by atoms with E-state index in [9.17, 15) is 14.4 Å². The Hall–Kier alpha value is -3.91. The predicted molar refractivity (Wildman–Crippen MR) is 138 cm³/mol. The number of aryl methyl sites for hydroxylation is 1. The fourth-order valence-electron chi connectivity index (χ4n) is 4.61. The molecule has 0 bridgehead atoms. The minimum absolute atomic E-state index is 0.0290. The van der Waals surface area contributed by atoms with Crippen LogP contribution in [0, 0.1) is 0 Å². The van der Waals surface area contributed by atoms with Gasteiger partial charge in [0.2, 0.25) is 0 Å². The SMILES string of the molecule is CC(=O)OCc1c(-c2cc(C(N)=O)n(C)c2)cccc1N1C(=O)c2ccc(C(C)(C)C)cc2CN1C. The van der Waals surface area contributed by atoms with Gasteiger partial charge in [0.05, 0.1) is 5.69 Å². The van der Waals surface area contributed by atoms with Crippen LogP contribution in [0.1, 0.15) is 65.2 Å². The molecule has 0 saturated heterocycles. The van der Waals surface area contributed by atoms with Gasteiger partial charge >= 0.3 is 5.97 Å². The van der Waals surface area contributed by atoms with Gasteiger partial charge < -0.3 is 15.0 Å². The molecular formula is C28H32N4O4. The smallest absolute Gasteiger partial charge is 0.302 e. The van der Waals surface area contributed by atoms with Crippen LogP contribution in [-0.4, -0.2) is 34.4 Å². The van der Waals surface area contributed by atoms with Crippen molar-refractivity contribution in [2.75, 3.05) is 12.1 Å². The topological polar surface area (TPSA) is 97.9 Å². The number of anilines is 1. The van der Waals surface area contributed by atoms with Crippen LogP contribution in [0.3, 0.4) is 0 Å². The van der Waals surface area contributed by atoms with Gasteiger partial charge in [-0.3, -0.25) is 14.4 Å². The highest BCUT2D eigenvalue weighted by molar-refractivity contribution is 6.08. The summed E-state index contributed by atoms with van der Waals surface area (Å²) in [5.74, 6) is -1.13. The molecule has 0 aliphatic carbocycles. The van der Waals surface area contributed by atoms with Gasteiger partial charge in [-0.15, -0.1) is 0 Å². The number of benzene rings is 2. The van der Waals surface area contributed by atoms with E-state index in [1.165, 1.54) is 12.5 Å². The number of fused-ring (bicyclic) bond motifs is 1. The number of carbonyl (C=O) groups is 3. The summed E-state index contributed by atoms with van der Waals surface area (Å²) < 4.78 is 7.06. The lowest BCUT2D eigenvalue weighted by atomic mass is 9.84. The largest absolute Gasteiger partial charge is 0.461 e. The Morgan fingerprint density at radius 3 is 2.39 bits per heavy atom. The molecule has 0 fully saturated rings. The molecule has 0 unspecified atom stereocenters. The number of primary amides is 1. The zero-order valence-electron chi connectivity index (χ0n) is 21.6. The van der Waals surface area contributed by atoms with Gasteiger partial charge in [-0.2, -0.15) is 0 Å². The Kier molecular flexibility index (Phi) is 6.49. The zero-order chi connectivity index (χ0) is 26.4. The maximum absolute atomic E-state index is 13.8. The molecule has 2 N–H and O–H groups in total. The first-order valence-corrected chi connectivity index (χ1v) is 11.8. The average molecular weight is 489 g/mol. The van der Waals surface area contributed by atoms with Crippen LogP contribution >= 0.6 is 0 Å². The number of hydrogen-bond acceptors (Lipinski definition) is 5. The van der Waals surface area contributed by atoms with Crippen LogP contribution in [0.5, 0.6) is 0 Å². The fourth-order valence-corrected chi connectivity index (χ4v) is 4.61. The summed E-state index contributed by atoms with van der Waals surface area (Å²) >= 11 is 0. The van der Waals surface area contributed by atoms with E-state index in [0.717, 1.165) is 16.7 Å². The third-order valence-corrected chi connectivity index (χ3v) is 6.50. The molecule has 2 amide bonds. The quantitative estimate of drug-likeness (QED) is 0.544. The molecule has 188 valence electrons. The number of nitrogens with two attached hydrogens (primary N) is 1.